The van der Waals surface area contributed by atoms with Gasteiger partial charge in [-0.15, -0.1) is 0 Å². The number of nitrogens with zero attached hydrogens (tertiary/aromatic N) is 3. The number of nitriles is 1. The zero-order chi connectivity index (χ0) is 26.6. The normalized spacial score (nSPS) is 15.6. The highest BCUT2D eigenvalue weighted by atomic mass is 32.2. The van der Waals surface area contributed by atoms with E-state index in [-0.39, 0.29) is 12.3 Å². The van der Waals surface area contributed by atoms with Crippen LogP contribution in [0, 0.1) is 11.3 Å². The van der Waals surface area contributed by atoms with Crippen molar-refractivity contribution < 1.29 is 18.4 Å². The van der Waals surface area contributed by atoms with Crippen molar-refractivity contribution in [3.05, 3.63) is 102 Å². The molecule has 0 saturated heterocycles. The maximum atomic E-state index is 13.6. The molecule has 4 aromatic rings. The zero-order valence-electron chi connectivity index (χ0n) is 20.3. The zero-order valence-corrected chi connectivity index (χ0v) is 21.1. The van der Waals surface area contributed by atoms with Crippen LogP contribution in [0.25, 0.3) is 10.8 Å². The highest BCUT2D eigenvalue weighted by molar-refractivity contribution is 7.81. The quantitative estimate of drug-likeness (QED) is 0.345. The molecule has 38 heavy (non-hydrogen) atoms. The van der Waals surface area contributed by atoms with E-state index in [0.717, 1.165) is 20.6 Å². The van der Waals surface area contributed by atoms with Crippen molar-refractivity contribution >= 4 is 50.9 Å². The number of anilines is 3. The standard InChI is InChI=1S/C29H24N4O4S/c30-19-21-11-9-20(10-12-21)15-16-31-28(34)18-27-29(35)33(38(36)37)26-8-4-3-7-25(26)32(27)24-14-13-22-5-1-2-6-23(22)17-24/h1-14,17,27H,15-16,18H2,(H,31,34)(H,36,37)/t27-/m1/s1. The van der Waals surface area contributed by atoms with Gasteiger partial charge in [-0.05, 0) is 59.2 Å². The molecule has 9 heteroatoms. The molecule has 2 N–H and O–H groups in total. The number of benzene rings is 4. The van der Waals surface area contributed by atoms with Crippen molar-refractivity contribution in [3.8, 4) is 6.07 Å². The molecule has 5 rings (SSSR count). The van der Waals surface area contributed by atoms with Crippen LogP contribution in [0.4, 0.5) is 17.1 Å². The van der Waals surface area contributed by atoms with Gasteiger partial charge in [0.15, 0.2) is 0 Å². The minimum absolute atomic E-state index is 0.207. The summed E-state index contributed by atoms with van der Waals surface area (Å²) in [6, 6.07) is 28.6. The molecule has 1 heterocycles. The van der Waals surface area contributed by atoms with Crippen molar-refractivity contribution in [2.75, 3.05) is 15.7 Å². The van der Waals surface area contributed by atoms with Crippen LogP contribution in [0.15, 0.2) is 91.0 Å². The number of carbonyl (C=O) groups is 2. The second-order valence-corrected chi connectivity index (χ2v) is 9.71. The first kappa shape index (κ1) is 25.1. The van der Waals surface area contributed by atoms with Crippen molar-refractivity contribution in [2.45, 2.75) is 18.9 Å². The van der Waals surface area contributed by atoms with Crippen LogP contribution in [-0.4, -0.2) is 33.2 Å². The number of nitrogens with one attached hydrogen (secondary N) is 1. The van der Waals surface area contributed by atoms with Gasteiger partial charge in [-0.1, -0.05) is 54.6 Å². The third kappa shape index (κ3) is 5.00. The maximum Gasteiger partial charge on any atom is 0.269 e. The summed E-state index contributed by atoms with van der Waals surface area (Å²) in [5.41, 5.74) is 3.08. The van der Waals surface area contributed by atoms with Gasteiger partial charge < -0.3 is 10.2 Å². The second-order valence-electron chi connectivity index (χ2n) is 8.88. The van der Waals surface area contributed by atoms with Gasteiger partial charge in [0.25, 0.3) is 17.2 Å². The Morgan fingerprint density at radius 2 is 1.63 bits per heavy atom. The van der Waals surface area contributed by atoms with E-state index < -0.39 is 23.2 Å². The number of carbonyl (C=O) groups excluding carboxylic acids is 2. The highest BCUT2D eigenvalue weighted by Crippen LogP contribution is 2.42. The Bertz CT molecular complexity index is 1580. The molecule has 2 amide bonds. The lowest BCUT2D eigenvalue weighted by atomic mass is 10.0. The van der Waals surface area contributed by atoms with Crippen molar-refractivity contribution in [1.82, 2.24) is 5.32 Å². The first-order chi connectivity index (χ1) is 18.5. The Morgan fingerprint density at radius 3 is 2.34 bits per heavy atom. The number of rotatable bonds is 7. The van der Waals surface area contributed by atoms with Gasteiger partial charge in [0.05, 0.1) is 29.4 Å². The van der Waals surface area contributed by atoms with Gasteiger partial charge in [0.2, 0.25) is 5.91 Å². The third-order valence-electron chi connectivity index (χ3n) is 6.52. The third-order valence-corrected chi connectivity index (χ3v) is 7.21. The molecule has 0 spiro atoms. The van der Waals surface area contributed by atoms with E-state index in [1.807, 2.05) is 54.6 Å². The topological polar surface area (TPSA) is 114 Å². The molecule has 4 aromatic carbocycles. The van der Waals surface area contributed by atoms with E-state index in [1.54, 1.807) is 41.3 Å². The summed E-state index contributed by atoms with van der Waals surface area (Å²) >= 11 is -2.60. The minimum Gasteiger partial charge on any atom is -0.356 e. The molecule has 2 atom stereocenters. The Morgan fingerprint density at radius 1 is 0.947 bits per heavy atom. The minimum atomic E-state index is -2.60. The summed E-state index contributed by atoms with van der Waals surface area (Å²) in [5, 5.41) is 13.8. The predicted molar refractivity (Wildman–Crippen MR) is 147 cm³/mol. The lowest BCUT2D eigenvalue weighted by Crippen LogP contribution is -2.53. The molecule has 0 fully saturated rings. The van der Waals surface area contributed by atoms with E-state index in [0.29, 0.717) is 35.6 Å². The fourth-order valence-corrected chi connectivity index (χ4v) is 5.30. The van der Waals surface area contributed by atoms with Gasteiger partial charge in [-0.25, -0.2) is 8.51 Å². The van der Waals surface area contributed by atoms with E-state index in [1.165, 1.54) is 0 Å². The summed E-state index contributed by atoms with van der Waals surface area (Å²) in [5.74, 6) is -0.995. The fraction of sp³-hybridized carbons (Fsp3) is 0.138. The molecule has 0 radical (unpaired) electrons. The Balaban J connectivity index is 1.44. The summed E-state index contributed by atoms with van der Waals surface area (Å²) < 4.78 is 23.1. The molecule has 0 bridgehead atoms. The van der Waals surface area contributed by atoms with Gasteiger partial charge in [-0.3, -0.25) is 14.1 Å². The van der Waals surface area contributed by atoms with Gasteiger partial charge in [0.1, 0.15) is 6.04 Å². The van der Waals surface area contributed by atoms with Crippen molar-refractivity contribution in [2.24, 2.45) is 0 Å². The lowest BCUT2D eigenvalue weighted by molar-refractivity contribution is -0.125. The molecule has 8 nitrogen and oxygen atoms in total. The summed E-state index contributed by atoms with van der Waals surface area (Å²) in [6.07, 6.45) is 0.348. The number of para-hydroxylation sites is 2. The summed E-state index contributed by atoms with van der Waals surface area (Å²) in [7, 11) is 0. The number of hydrogen-bond acceptors (Lipinski definition) is 5. The van der Waals surface area contributed by atoms with Crippen LogP contribution in [0.2, 0.25) is 0 Å². The van der Waals surface area contributed by atoms with Crippen LogP contribution in [-0.2, 0) is 27.3 Å². The van der Waals surface area contributed by atoms with Crippen molar-refractivity contribution in [1.29, 1.82) is 5.26 Å². The number of hydrogen-bond donors (Lipinski definition) is 2. The number of fused-ring (bicyclic) bond motifs is 2. The molecule has 0 aliphatic carbocycles. The van der Waals surface area contributed by atoms with Crippen LogP contribution in [0.1, 0.15) is 17.5 Å². The number of amides is 2. The van der Waals surface area contributed by atoms with E-state index in [9.17, 15) is 18.4 Å². The van der Waals surface area contributed by atoms with E-state index in [2.05, 4.69) is 11.4 Å². The first-order valence-corrected chi connectivity index (χ1v) is 13.1. The molecular weight excluding hydrogens is 500 g/mol. The predicted octanol–water partition coefficient (Wildman–Crippen LogP) is 4.45. The smallest absolute Gasteiger partial charge is 0.269 e. The highest BCUT2D eigenvalue weighted by Gasteiger charge is 2.42. The first-order valence-electron chi connectivity index (χ1n) is 12.0. The molecule has 1 unspecified atom stereocenters. The van der Waals surface area contributed by atoms with Crippen LogP contribution in [0.5, 0.6) is 0 Å². The Kier molecular flexibility index (Phi) is 7.18. The fourth-order valence-electron chi connectivity index (χ4n) is 4.70. The maximum absolute atomic E-state index is 13.6. The van der Waals surface area contributed by atoms with E-state index in [4.69, 9.17) is 5.26 Å². The van der Waals surface area contributed by atoms with Gasteiger partial charge in [0, 0.05) is 12.2 Å². The van der Waals surface area contributed by atoms with Crippen LogP contribution in [0.3, 0.4) is 0 Å². The summed E-state index contributed by atoms with van der Waals surface area (Å²) in [4.78, 5) is 28.4. The Labute approximate surface area is 222 Å². The molecule has 190 valence electrons. The molecule has 0 saturated carbocycles. The average molecular weight is 525 g/mol. The van der Waals surface area contributed by atoms with Gasteiger partial charge >= 0.3 is 0 Å². The largest absolute Gasteiger partial charge is 0.356 e. The van der Waals surface area contributed by atoms with Crippen LogP contribution >= 0.6 is 0 Å². The SMILES string of the molecule is N#Cc1ccc(CCNC(=O)C[C@@H]2C(=O)N(S(=O)O)c3ccccc3N2c2ccc3ccccc3c2)cc1. The monoisotopic (exact) mass is 524 g/mol. The van der Waals surface area contributed by atoms with Crippen molar-refractivity contribution in [3.63, 3.8) is 0 Å². The van der Waals surface area contributed by atoms with E-state index >= 15 is 0 Å². The molecule has 0 aromatic heterocycles. The molecular formula is C29H24N4O4S. The second kappa shape index (κ2) is 10.8. The van der Waals surface area contributed by atoms with Gasteiger partial charge in [-0.2, -0.15) is 5.26 Å². The molecule has 1 aliphatic rings. The van der Waals surface area contributed by atoms with Crippen LogP contribution < -0.4 is 14.5 Å². The summed E-state index contributed by atoms with van der Waals surface area (Å²) in [6.45, 7) is 0.341. The Hall–Kier alpha value is -4.52. The molecule has 1 aliphatic heterocycles. The average Bonchev–Trinajstić information content (AvgIpc) is 2.93. The lowest BCUT2D eigenvalue weighted by Gasteiger charge is -2.41.